The third kappa shape index (κ3) is 7.05. The van der Waals surface area contributed by atoms with Crippen LogP contribution in [-0.4, -0.2) is 0 Å². The molecule has 0 bridgehead atoms. The molecule has 0 radical (unpaired) electrons. The second kappa shape index (κ2) is 13.0. The van der Waals surface area contributed by atoms with Crippen LogP contribution in [0.5, 0.6) is 0 Å². The molecule has 0 amide bonds. The molecular weight excluding hydrogens is 441 g/mol. The van der Waals surface area contributed by atoms with Gasteiger partial charge in [-0.15, -0.1) is 0 Å². The number of fused-ring (bicyclic) bond motifs is 1. The van der Waals surface area contributed by atoms with Crippen LogP contribution in [0.15, 0.2) is 78.9 Å². The Morgan fingerprint density at radius 3 is 1.89 bits per heavy atom. The van der Waals surface area contributed by atoms with Gasteiger partial charge in [0.05, 0.1) is 11.6 Å². The molecule has 4 aromatic rings. The molecule has 0 spiro atoms. The van der Waals surface area contributed by atoms with E-state index in [2.05, 4.69) is 49.4 Å². The maximum atomic E-state index is 15.2. The van der Waals surface area contributed by atoms with Gasteiger partial charge in [-0.2, -0.15) is 5.26 Å². The van der Waals surface area contributed by atoms with Crippen molar-refractivity contribution < 1.29 is 4.39 Å². The van der Waals surface area contributed by atoms with Crippen molar-refractivity contribution in [2.45, 2.75) is 71.1 Å². The van der Waals surface area contributed by atoms with E-state index in [1.165, 1.54) is 55.2 Å². The minimum Gasteiger partial charge on any atom is -0.206 e. The third-order valence-corrected chi connectivity index (χ3v) is 7.16. The number of hydrogen-bond donors (Lipinski definition) is 0. The molecule has 0 aromatic heterocycles. The van der Waals surface area contributed by atoms with E-state index in [4.69, 9.17) is 5.26 Å². The van der Waals surface area contributed by atoms with Gasteiger partial charge in [-0.3, -0.25) is 0 Å². The second-order valence-corrected chi connectivity index (χ2v) is 9.88. The maximum Gasteiger partial charge on any atom is 0.134 e. The van der Waals surface area contributed by atoms with E-state index in [0.717, 1.165) is 35.8 Å². The highest BCUT2D eigenvalue weighted by Crippen LogP contribution is 2.24. The van der Waals surface area contributed by atoms with Crippen LogP contribution in [0, 0.1) is 17.1 Å². The summed E-state index contributed by atoms with van der Waals surface area (Å²) in [7, 11) is 0. The quantitative estimate of drug-likeness (QED) is 0.187. The van der Waals surface area contributed by atoms with Crippen molar-refractivity contribution in [3.63, 3.8) is 0 Å². The van der Waals surface area contributed by atoms with Gasteiger partial charge < -0.3 is 0 Å². The van der Waals surface area contributed by atoms with Gasteiger partial charge in [-0.05, 0) is 83.9 Å². The Kier molecular flexibility index (Phi) is 9.28. The summed E-state index contributed by atoms with van der Waals surface area (Å²) in [6.45, 7) is 2.26. The van der Waals surface area contributed by atoms with Crippen molar-refractivity contribution in [1.29, 1.82) is 5.26 Å². The van der Waals surface area contributed by atoms with E-state index in [9.17, 15) is 0 Å². The molecule has 0 aliphatic rings. The number of aryl methyl sites for hydroxylation is 5. The minimum atomic E-state index is -0.113. The smallest absolute Gasteiger partial charge is 0.134 e. The third-order valence-electron chi connectivity index (χ3n) is 7.16. The summed E-state index contributed by atoms with van der Waals surface area (Å²) in [4.78, 5) is 0. The maximum absolute atomic E-state index is 15.2. The average molecular weight is 478 g/mol. The molecule has 0 atom stereocenters. The van der Waals surface area contributed by atoms with Gasteiger partial charge >= 0.3 is 0 Å². The molecule has 184 valence electrons. The fourth-order valence-electron chi connectivity index (χ4n) is 4.85. The Bertz CT molecular complexity index is 1300. The summed E-state index contributed by atoms with van der Waals surface area (Å²) in [5.41, 5.74) is 6.54. The van der Waals surface area contributed by atoms with Crippen LogP contribution in [-0.2, 0) is 32.1 Å². The van der Waals surface area contributed by atoms with Crippen molar-refractivity contribution in [3.05, 3.63) is 118 Å². The highest BCUT2D eigenvalue weighted by Gasteiger charge is 2.09. The molecule has 0 heterocycles. The molecule has 0 fully saturated rings. The summed E-state index contributed by atoms with van der Waals surface area (Å²) in [6, 6.07) is 28.9. The molecule has 4 aromatic carbocycles. The summed E-state index contributed by atoms with van der Waals surface area (Å²) in [6.07, 6.45) is 11.1. The molecule has 2 heteroatoms. The largest absolute Gasteiger partial charge is 0.206 e. The molecule has 0 N–H and O–H groups in total. The van der Waals surface area contributed by atoms with Crippen molar-refractivity contribution in [1.82, 2.24) is 0 Å². The Balaban J connectivity index is 1.32. The molecule has 1 nitrogen and oxygen atoms in total. The summed E-state index contributed by atoms with van der Waals surface area (Å²) in [5, 5.41) is 10.6. The van der Waals surface area contributed by atoms with Gasteiger partial charge in [0.25, 0.3) is 0 Å². The molecule has 36 heavy (non-hydrogen) atoms. The molecule has 0 aliphatic carbocycles. The topological polar surface area (TPSA) is 23.8 Å². The summed E-state index contributed by atoms with van der Waals surface area (Å²) < 4.78 is 15.2. The van der Waals surface area contributed by atoms with E-state index in [1.54, 1.807) is 0 Å². The lowest BCUT2D eigenvalue weighted by Gasteiger charge is -2.09. The molecule has 0 unspecified atom stereocenters. The van der Waals surface area contributed by atoms with Crippen molar-refractivity contribution in [3.8, 4) is 6.07 Å². The van der Waals surface area contributed by atoms with Crippen LogP contribution in [0.25, 0.3) is 10.8 Å². The van der Waals surface area contributed by atoms with Gasteiger partial charge in [0.15, 0.2) is 0 Å². The van der Waals surface area contributed by atoms with Crippen LogP contribution >= 0.6 is 0 Å². The predicted octanol–water partition coefficient (Wildman–Crippen LogP) is 8.93. The molecule has 4 rings (SSSR count). The van der Waals surface area contributed by atoms with E-state index in [0.29, 0.717) is 17.4 Å². The monoisotopic (exact) mass is 477 g/mol. The van der Waals surface area contributed by atoms with Gasteiger partial charge in [0.1, 0.15) is 5.82 Å². The van der Waals surface area contributed by atoms with E-state index in [1.807, 2.05) is 42.5 Å². The first kappa shape index (κ1) is 25.6. The van der Waals surface area contributed by atoms with Crippen LogP contribution in [0.3, 0.4) is 0 Å². The van der Waals surface area contributed by atoms with Crippen molar-refractivity contribution in [2.24, 2.45) is 0 Å². The minimum absolute atomic E-state index is 0.113. The van der Waals surface area contributed by atoms with Gasteiger partial charge in [-0.25, -0.2) is 4.39 Å². The fraction of sp³-hybridized carbons (Fsp3) is 0.324. The lowest BCUT2D eigenvalue weighted by molar-refractivity contribution is 0.620. The summed E-state index contributed by atoms with van der Waals surface area (Å²) >= 11 is 0. The van der Waals surface area contributed by atoms with Gasteiger partial charge in [-0.1, -0.05) is 99.3 Å². The van der Waals surface area contributed by atoms with Crippen molar-refractivity contribution in [2.75, 3.05) is 0 Å². The number of benzene rings is 4. The normalized spacial score (nSPS) is 11.0. The Morgan fingerprint density at radius 2 is 1.19 bits per heavy atom. The Hall–Kier alpha value is -3.44. The zero-order valence-corrected chi connectivity index (χ0v) is 21.4. The first-order valence-corrected chi connectivity index (χ1v) is 13.4. The number of rotatable bonds is 12. The first-order chi connectivity index (χ1) is 17.7. The molecule has 0 aliphatic heterocycles. The standard InChI is InChI=1S/C34H36FN/c1-2-3-4-5-6-7-26-8-10-27(11-9-26)12-15-29-19-23-33-32(24-29)22-21-31(34(33)35)20-18-28-13-16-30(25-36)17-14-28/h8-11,13-14,16-17,19,21-24H,2-7,12,15,18,20H2,1H3. The highest BCUT2D eigenvalue weighted by atomic mass is 19.1. The zero-order chi connectivity index (χ0) is 25.2. The van der Waals surface area contributed by atoms with Gasteiger partial charge in [0, 0.05) is 5.39 Å². The lowest BCUT2D eigenvalue weighted by Crippen LogP contribution is -1.97. The summed E-state index contributed by atoms with van der Waals surface area (Å²) in [5.74, 6) is -0.113. The Morgan fingerprint density at radius 1 is 0.611 bits per heavy atom. The van der Waals surface area contributed by atoms with Crippen LogP contribution in [0.4, 0.5) is 4.39 Å². The zero-order valence-electron chi connectivity index (χ0n) is 21.4. The Labute approximate surface area is 215 Å². The highest BCUT2D eigenvalue weighted by molar-refractivity contribution is 5.84. The number of halogens is 1. The van der Waals surface area contributed by atoms with E-state index in [-0.39, 0.29) is 5.82 Å². The van der Waals surface area contributed by atoms with Gasteiger partial charge in [0.2, 0.25) is 0 Å². The fourth-order valence-corrected chi connectivity index (χ4v) is 4.85. The van der Waals surface area contributed by atoms with E-state index >= 15 is 4.39 Å². The lowest BCUT2D eigenvalue weighted by atomic mass is 9.97. The molecule has 0 saturated heterocycles. The molecular formula is C34H36FN. The van der Waals surface area contributed by atoms with Crippen molar-refractivity contribution >= 4 is 10.8 Å². The first-order valence-electron chi connectivity index (χ1n) is 13.4. The predicted molar refractivity (Wildman–Crippen MR) is 149 cm³/mol. The van der Waals surface area contributed by atoms with Crippen LogP contribution in [0.2, 0.25) is 0 Å². The number of hydrogen-bond acceptors (Lipinski definition) is 1. The average Bonchev–Trinajstić information content (AvgIpc) is 2.92. The number of unbranched alkanes of at least 4 members (excludes halogenated alkanes) is 4. The number of nitrogens with zero attached hydrogens (tertiary/aromatic N) is 1. The van der Waals surface area contributed by atoms with Crippen LogP contribution < -0.4 is 0 Å². The number of nitriles is 1. The van der Waals surface area contributed by atoms with Crippen LogP contribution in [0.1, 0.15) is 72.4 Å². The van der Waals surface area contributed by atoms with E-state index < -0.39 is 0 Å². The second-order valence-electron chi connectivity index (χ2n) is 9.88. The molecule has 0 saturated carbocycles. The SMILES string of the molecule is CCCCCCCc1ccc(CCc2ccc3c(F)c(CCc4ccc(C#N)cc4)ccc3c2)cc1.